The number of aryl methyl sites for hydroxylation is 2. The third-order valence-electron chi connectivity index (χ3n) is 4.75. The molecule has 0 aliphatic rings. The number of hydrogen-bond donors (Lipinski definition) is 2. The maximum absolute atomic E-state index is 13.1. The summed E-state index contributed by atoms with van der Waals surface area (Å²) in [6, 6.07) is 14.3. The summed E-state index contributed by atoms with van der Waals surface area (Å²) in [4.78, 5) is 32.5. The zero-order valence-corrected chi connectivity index (χ0v) is 19.4. The fourth-order valence-electron chi connectivity index (χ4n) is 3.12. The molecule has 0 saturated heterocycles. The van der Waals surface area contributed by atoms with Crippen molar-refractivity contribution in [2.24, 2.45) is 0 Å². The van der Waals surface area contributed by atoms with E-state index in [1.165, 1.54) is 12.1 Å². The third kappa shape index (κ3) is 4.61. The predicted molar refractivity (Wildman–Crippen MR) is 126 cm³/mol. The molecule has 0 amide bonds. The third-order valence-corrected chi connectivity index (χ3v) is 6.99. The summed E-state index contributed by atoms with van der Waals surface area (Å²) in [6.45, 7) is 3.52. The lowest BCUT2D eigenvalue weighted by molar-refractivity contribution is 0.0924. The van der Waals surface area contributed by atoms with E-state index in [0.717, 1.165) is 26.7 Å². The van der Waals surface area contributed by atoms with Crippen molar-refractivity contribution in [1.29, 1.82) is 0 Å². The van der Waals surface area contributed by atoms with Crippen LogP contribution in [0.5, 0.6) is 0 Å². The molecule has 0 aliphatic heterocycles. The lowest BCUT2D eigenvalue weighted by atomic mass is 10.2. The van der Waals surface area contributed by atoms with E-state index in [2.05, 4.69) is 14.9 Å². The first-order valence-electron chi connectivity index (χ1n) is 9.75. The van der Waals surface area contributed by atoms with E-state index >= 15 is 0 Å². The number of carbonyl (C=O) groups excluding carboxylic acids is 1. The Balaban J connectivity index is 1.73. The SMILES string of the molecule is Cc1ccc(S(=O)(=O)Nn2c(SCC(=O)n3nc(N)cc3C)nc3ccccc3c2=O)cc1. The van der Waals surface area contributed by atoms with E-state index in [9.17, 15) is 18.0 Å². The molecule has 0 radical (unpaired) electrons. The average molecular weight is 485 g/mol. The number of carbonyl (C=O) groups is 1. The van der Waals surface area contributed by atoms with Crippen LogP contribution >= 0.6 is 11.8 Å². The second kappa shape index (κ2) is 8.71. The van der Waals surface area contributed by atoms with Gasteiger partial charge >= 0.3 is 0 Å². The first kappa shape index (κ1) is 22.6. The summed E-state index contributed by atoms with van der Waals surface area (Å²) in [6.07, 6.45) is 0. The molecule has 0 unspecified atom stereocenters. The molecule has 10 nitrogen and oxygen atoms in total. The molecule has 0 aliphatic carbocycles. The van der Waals surface area contributed by atoms with Crippen molar-refractivity contribution in [3.63, 3.8) is 0 Å². The molecular formula is C21H20N6O4S2. The minimum atomic E-state index is -4.10. The maximum Gasteiger partial charge on any atom is 0.281 e. The Morgan fingerprint density at radius 1 is 1.12 bits per heavy atom. The molecule has 33 heavy (non-hydrogen) atoms. The van der Waals surface area contributed by atoms with E-state index in [-0.39, 0.29) is 27.0 Å². The standard InChI is InChI=1S/C21H20N6O4S2/c1-13-7-9-15(10-8-13)33(30,31)25-27-20(29)16-5-3-4-6-17(16)23-21(27)32-12-19(28)26-14(2)11-18(22)24-26/h3-11,25H,12H2,1-2H3,(H2,22,24). The van der Waals surface area contributed by atoms with Crippen molar-refractivity contribution in [2.45, 2.75) is 23.9 Å². The van der Waals surface area contributed by atoms with Crippen molar-refractivity contribution in [2.75, 3.05) is 16.3 Å². The summed E-state index contributed by atoms with van der Waals surface area (Å²) in [7, 11) is -4.10. The molecule has 170 valence electrons. The van der Waals surface area contributed by atoms with Crippen molar-refractivity contribution >= 4 is 44.4 Å². The van der Waals surface area contributed by atoms with Gasteiger partial charge in [0.25, 0.3) is 21.5 Å². The number of anilines is 1. The van der Waals surface area contributed by atoms with Gasteiger partial charge in [0.15, 0.2) is 5.16 Å². The number of thioether (sulfide) groups is 1. The van der Waals surface area contributed by atoms with Crippen LogP contribution in [-0.2, 0) is 10.0 Å². The molecule has 0 fully saturated rings. The fraction of sp³-hybridized carbons (Fsp3) is 0.143. The summed E-state index contributed by atoms with van der Waals surface area (Å²) in [5.74, 6) is -0.346. The Morgan fingerprint density at radius 2 is 1.82 bits per heavy atom. The molecule has 0 spiro atoms. The van der Waals surface area contributed by atoms with E-state index < -0.39 is 21.5 Å². The number of para-hydroxylation sites is 1. The predicted octanol–water partition coefficient (Wildman–Crippen LogP) is 2.16. The van der Waals surface area contributed by atoms with Crippen LogP contribution in [0.4, 0.5) is 5.82 Å². The number of aromatic nitrogens is 4. The van der Waals surface area contributed by atoms with Gasteiger partial charge in [0, 0.05) is 11.8 Å². The van der Waals surface area contributed by atoms with Crippen LogP contribution in [0.25, 0.3) is 10.9 Å². The summed E-state index contributed by atoms with van der Waals surface area (Å²) < 4.78 is 27.9. The molecule has 0 saturated carbocycles. The van der Waals surface area contributed by atoms with Gasteiger partial charge in [-0.05, 0) is 38.1 Å². The van der Waals surface area contributed by atoms with Crippen molar-refractivity contribution < 1.29 is 13.2 Å². The van der Waals surface area contributed by atoms with Gasteiger partial charge in [-0.25, -0.2) is 14.5 Å². The molecular weight excluding hydrogens is 464 g/mol. The summed E-state index contributed by atoms with van der Waals surface area (Å²) in [5.41, 5.74) is 6.86. The smallest absolute Gasteiger partial charge is 0.281 e. The Morgan fingerprint density at radius 3 is 2.48 bits per heavy atom. The highest BCUT2D eigenvalue weighted by atomic mass is 32.2. The number of nitrogen functional groups attached to an aromatic ring is 1. The zero-order chi connectivity index (χ0) is 23.8. The van der Waals surface area contributed by atoms with Crippen molar-refractivity contribution in [1.82, 2.24) is 19.4 Å². The molecule has 0 bridgehead atoms. The maximum atomic E-state index is 13.1. The van der Waals surface area contributed by atoms with Gasteiger partial charge in [-0.2, -0.15) is 13.1 Å². The van der Waals surface area contributed by atoms with Crippen LogP contribution in [0.15, 0.2) is 69.4 Å². The lowest BCUT2D eigenvalue weighted by Crippen LogP contribution is -2.35. The lowest BCUT2D eigenvalue weighted by Gasteiger charge is -2.15. The number of benzene rings is 2. The first-order chi connectivity index (χ1) is 15.7. The number of hydrogen-bond acceptors (Lipinski definition) is 8. The normalized spacial score (nSPS) is 11.6. The second-order valence-electron chi connectivity index (χ2n) is 7.26. The highest BCUT2D eigenvalue weighted by molar-refractivity contribution is 7.99. The Kier molecular flexibility index (Phi) is 5.95. The minimum Gasteiger partial charge on any atom is -0.382 e. The van der Waals surface area contributed by atoms with Crippen LogP contribution < -0.4 is 16.1 Å². The van der Waals surface area contributed by atoms with E-state index in [0.29, 0.717) is 11.2 Å². The Hall–Kier alpha value is -3.64. The summed E-state index contributed by atoms with van der Waals surface area (Å²) in [5, 5.41) is 4.20. The van der Waals surface area contributed by atoms with Crippen LogP contribution in [0, 0.1) is 13.8 Å². The highest BCUT2D eigenvalue weighted by Gasteiger charge is 2.21. The van der Waals surface area contributed by atoms with Gasteiger partial charge < -0.3 is 5.73 Å². The van der Waals surface area contributed by atoms with Crippen molar-refractivity contribution in [3.05, 3.63) is 76.2 Å². The van der Waals surface area contributed by atoms with E-state index in [1.807, 2.05) is 6.92 Å². The molecule has 2 heterocycles. The van der Waals surface area contributed by atoms with Gasteiger partial charge in [-0.1, -0.05) is 41.6 Å². The van der Waals surface area contributed by atoms with Crippen LogP contribution in [0.1, 0.15) is 16.1 Å². The Labute approximate surface area is 193 Å². The van der Waals surface area contributed by atoms with Gasteiger partial charge in [-0.15, -0.1) is 5.10 Å². The fourth-order valence-corrected chi connectivity index (χ4v) is 4.98. The first-order valence-corrected chi connectivity index (χ1v) is 12.2. The summed E-state index contributed by atoms with van der Waals surface area (Å²) >= 11 is 0.909. The Bertz CT molecular complexity index is 1520. The molecule has 4 aromatic rings. The monoisotopic (exact) mass is 484 g/mol. The molecule has 12 heteroatoms. The number of nitrogens with one attached hydrogen (secondary N) is 1. The second-order valence-corrected chi connectivity index (χ2v) is 9.87. The number of nitrogens with zero attached hydrogens (tertiary/aromatic N) is 4. The minimum absolute atomic E-state index is 0.0113. The molecule has 3 N–H and O–H groups in total. The van der Waals surface area contributed by atoms with Crippen molar-refractivity contribution in [3.8, 4) is 0 Å². The van der Waals surface area contributed by atoms with Crippen LogP contribution in [-0.4, -0.2) is 39.5 Å². The molecule has 4 rings (SSSR count). The van der Waals surface area contributed by atoms with Gasteiger partial charge in [-0.3, -0.25) is 9.59 Å². The molecule has 0 atom stereocenters. The van der Waals surface area contributed by atoms with Crippen LogP contribution in [0.3, 0.4) is 0 Å². The molecule has 2 aromatic carbocycles. The van der Waals surface area contributed by atoms with E-state index in [4.69, 9.17) is 5.73 Å². The topological polar surface area (TPSA) is 142 Å². The number of fused-ring (bicyclic) bond motifs is 1. The average Bonchev–Trinajstić information content (AvgIpc) is 3.12. The number of nitrogens with two attached hydrogens (primary N) is 1. The molecule has 2 aromatic heterocycles. The quantitative estimate of drug-likeness (QED) is 0.313. The highest BCUT2D eigenvalue weighted by Crippen LogP contribution is 2.19. The number of sulfonamides is 1. The number of rotatable bonds is 6. The van der Waals surface area contributed by atoms with Crippen LogP contribution in [0.2, 0.25) is 0 Å². The van der Waals surface area contributed by atoms with Gasteiger partial charge in [0.05, 0.1) is 21.6 Å². The largest absolute Gasteiger partial charge is 0.382 e. The van der Waals surface area contributed by atoms with Gasteiger partial charge in [0.1, 0.15) is 5.82 Å². The zero-order valence-electron chi connectivity index (χ0n) is 17.7. The van der Waals surface area contributed by atoms with E-state index in [1.54, 1.807) is 49.4 Å². The van der Waals surface area contributed by atoms with Gasteiger partial charge in [0.2, 0.25) is 0 Å².